The van der Waals surface area contributed by atoms with E-state index in [1.807, 2.05) is 0 Å². The van der Waals surface area contributed by atoms with Crippen molar-refractivity contribution in [2.75, 3.05) is 32.3 Å². The van der Waals surface area contributed by atoms with Gasteiger partial charge in [0.1, 0.15) is 22.1 Å². The zero-order valence-corrected chi connectivity index (χ0v) is 19.9. The fraction of sp³-hybridized carbons (Fsp3) is 0.348. The standard InChI is InChI=1S/C23H23N3O7S/c1-12-18-20(34-19(12)23(30)32-8-7-31-4)24-11-26(22(18)29)10-16(27)14-5-6-17-15(9-14)25(3)21(28)13(2)33-17/h5-6,9,11,13H,7-8,10H2,1-4H3. The van der Waals surface area contributed by atoms with Gasteiger partial charge in [0.05, 0.1) is 30.6 Å². The highest BCUT2D eigenvalue weighted by Crippen LogP contribution is 2.34. The Balaban J connectivity index is 1.60. The normalized spacial score (nSPS) is 15.2. The number of fused-ring (bicyclic) bond motifs is 2. The number of hydrogen-bond donors (Lipinski definition) is 0. The summed E-state index contributed by atoms with van der Waals surface area (Å²) in [5.74, 6) is -0.598. The minimum atomic E-state index is -0.605. The van der Waals surface area contributed by atoms with Gasteiger partial charge in [0, 0.05) is 19.7 Å². The summed E-state index contributed by atoms with van der Waals surface area (Å²) in [4.78, 5) is 57.0. The van der Waals surface area contributed by atoms with Crippen LogP contribution in [-0.2, 0) is 20.8 Å². The maximum Gasteiger partial charge on any atom is 0.348 e. The van der Waals surface area contributed by atoms with E-state index in [9.17, 15) is 19.2 Å². The number of thiophene rings is 1. The van der Waals surface area contributed by atoms with Gasteiger partial charge in [-0.15, -0.1) is 11.3 Å². The molecule has 3 heterocycles. The Morgan fingerprint density at radius 2 is 2.00 bits per heavy atom. The van der Waals surface area contributed by atoms with Crippen LogP contribution in [0.4, 0.5) is 5.69 Å². The molecular formula is C23H23N3O7S. The Hall–Kier alpha value is -3.57. The lowest BCUT2D eigenvalue weighted by Crippen LogP contribution is -2.42. The summed E-state index contributed by atoms with van der Waals surface area (Å²) in [6.07, 6.45) is 0.684. The van der Waals surface area contributed by atoms with Crippen LogP contribution in [0.2, 0.25) is 0 Å². The van der Waals surface area contributed by atoms with Crippen LogP contribution in [0.5, 0.6) is 5.75 Å². The first-order valence-corrected chi connectivity index (χ1v) is 11.3. The van der Waals surface area contributed by atoms with E-state index < -0.39 is 17.6 Å². The number of hydrogen-bond acceptors (Lipinski definition) is 9. The van der Waals surface area contributed by atoms with Gasteiger partial charge in [-0.1, -0.05) is 0 Å². The Morgan fingerprint density at radius 1 is 1.24 bits per heavy atom. The predicted octanol–water partition coefficient (Wildman–Crippen LogP) is 2.20. The molecule has 0 spiro atoms. The molecular weight excluding hydrogens is 462 g/mol. The average Bonchev–Trinajstić information content (AvgIpc) is 3.16. The molecule has 1 atom stereocenters. The molecule has 10 nitrogen and oxygen atoms in total. The molecule has 0 saturated heterocycles. The van der Waals surface area contributed by atoms with Crippen LogP contribution in [0.3, 0.4) is 0 Å². The van der Waals surface area contributed by atoms with Crippen molar-refractivity contribution in [2.24, 2.45) is 0 Å². The summed E-state index contributed by atoms with van der Waals surface area (Å²) >= 11 is 1.07. The molecule has 34 heavy (non-hydrogen) atoms. The summed E-state index contributed by atoms with van der Waals surface area (Å²) in [5.41, 5.74) is 0.848. The number of ketones is 1. The van der Waals surface area contributed by atoms with E-state index in [4.69, 9.17) is 14.2 Å². The number of carbonyl (C=O) groups is 3. The van der Waals surface area contributed by atoms with Crippen molar-refractivity contribution < 1.29 is 28.6 Å². The number of anilines is 1. The number of nitrogens with zero attached hydrogens (tertiary/aromatic N) is 3. The van der Waals surface area contributed by atoms with Crippen molar-refractivity contribution in [1.82, 2.24) is 9.55 Å². The van der Waals surface area contributed by atoms with Gasteiger partial charge in [0.15, 0.2) is 11.9 Å². The predicted molar refractivity (Wildman–Crippen MR) is 125 cm³/mol. The Kier molecular flexibility index (Phi) is 6.49. The topological polar surface area (TPSA) is 117 Å². The Labute approximate surface area is 198 Å². The number of aromatic nitrogens is 2. The minimum absolute atomic E-state index is 0.0979. The molecule has 0 saturated carbocycles. The summed E-state index contributed by atoms with van der Waals surface area (Å²) in [6, 6.07) is 4.80. The number of rotatable bonds is 7. The molecule has 0 aliphatic carbocycles. The number of amides is 1. The largest absolute Gasteiger partial charge is 0.479 e. The van der Waals surface area contributed by atoms with Crippen molar-refractivity contribution in [2.45, 2.75) is 26.5 Å². The van der Waals surface area contributed by atoms with Gasteiger partial charge >= 0.3 is 5.97 Å². The minimum Gasteiger partial charge on any atom is -0.479 e. The number of Topliss-reactive ketones (excluding diaryl/α,β-unsaturated/α-hetero) is 1. The zero-order chi connectivity index (χ0) is 24.6. The first kappa shape index (κ1) is 23.6. The lowest BCUT2D eigenvalue weighted by Gasteiger charge is -2.30. The first-order valence-electron chi connectivity index (χ1n) is 10.5. The molecule has 1 aliphatic heterocycles. The molecule has 0 fully saturated rings. The lowest BCUT2D eigenvalue weighted by atomic mass is 10.1. The third kappa shape index (κ3) is 4.19. The van der Waals surface area contributed by atoms with Crippen molar-refractivity contribution >= 4 is 44.9 Å². The number of aryl methyl sites for hydroxylation is 1. The monoisotopic (exact) mass is 485 g/mol. The van der Waals surface area contributed by atoms with Crippen LogP contribution < -0.4 is 15.2 Å². The fourth-order valence-electron chi connectivity index (χ4n) is 3.68. The van der Waals surface area contributed by atoms with Gasteiger partial charge in [0.2, 0.25) is 0 Å². The molecule has 3 aromatic rings. The molecule has 0 radical (unpaired) electrons. The van der Waals surface area contributed by atoms with E-state index in [2.05, 4.69) is 4.98 Å². The number of benzene rings is 1. The van der Waals surface area contributed by atoms with Crippen LogP contribution in [0, 0.1) is 6.92 Å². The maximum absolute atomic E-state index is 13.1. The van der Waals surface area contributed by atoms with Crippen molar-refractivity contribution in [3.63, 3.8) is 0 Å². The molecule has 1 aliphatic rings. The van der Waals surface area contributed by atoms with Crippen molar-refractivity contribution in [3.8, 4) is 5.75 Å². The number of carbonyl (C=O) groups excluding carboxylic acids is 3. The Bertz CT molecular complexity index is 1360. The van der Waals surface area contributed by atoms with Crippen LogP contribution in [0.1, 0.15) is 32.5 Å². The van der Waals surface area contributed by atoms with Crippen LogP contribution in [0.15, 0.2) is 29.3 Å². The molecule has 0 bridgehead atoms. The molecule has 1 amide bonds. The summed E-state index contributed by atoms with van der Waals surface area (Å²) < 4.78 is 16.8. The smallest absolute Gasteiger partial charge is 0.348 e. The summed E-state index contributed by atoms with van der Waals surface area (Å²) in [6.45, 7) is 3.42. The van der Waals surface area contributed by atoms with Crippen molar-refractivity contribution in [3.05, 3.63) is 50.9 Å². The second kappa shape index (κ2) is 9.35. The first-order chi connectivity index (χ1) is 16.2. The second-order valence-corrected chi connectivity index (χ2v) is 8.80. The van der Waals surface area contributed by atoms with Gasteiger partial charge in [-0.2, -0.15) is 0 Å². The Morgan fingerprint density at radius 3 is 2.74 bits per heavy atom. The quantitative estimate of drug-likeness (QED) is 0.284. The highest BCUT2D eigenvalue weighted by atomic mass is 32.1. The number of esters is 1. The van der Waals surface area contributed by atoms with Crippen LogP contribution >= 0.6 is 11.3 Å². The van der Waals surface area contributed by atoms with Gasteiger partial charge in [-0.3, -0.25) is 19.0 Å². The maximum atomic E-state index is 13.1. The molecule has 178 valence electrons. The molecule has 2 aromatic heterocycles. The van der Waals surface area contributed by atoms with Crippen LogP contribution in [-0.4, -0.2) is 60.7 Å². The average molecular weight is 486 g/mol. The van der Waals surface area contributed by atoms with E-state index in [-0.39, 0.29) is 41.7 Å². The zero-order valence-electron chi connectivity index (χ0n) is 19.1. The molecule has 11 heteroatoms. The molecule has 1 unspecified atom stereocenters. The second-order valence-electron chi connectivity index (χ2n) is 7.81. The van der Waals surface area contributed by atoms with E-state index in [1.165, 1.54) is 22.9 Å². The van der Waals surface area contributed by atoms with E-state index in [0.29, 0.717) is 27.4 Å². The van der Waals surface area contributed by atoms with E-state index >= 15 is 0 Å². The SMILES string of the molecule is COCCOC(=O)c1sc2ncn(CC(=O)c3ccc4c(c3)N(C)C(=O)C(C)O4)c(=O)c2c1C. The highest BCUT2D eigenvalue weighted by Gasteiger charge is 2.29. The van der Waals surface area contributed by atoms with E-state index in [1.54, 1.807) is 39.1 Å². The van der Waals surface area contributed by atoms with Gasteiger partial charge in [0.25, 0.3) is 11.5 Å². The number of methoxy groups -OCH3 is 1. The third-order valence-electron chi connectivity index (χ3n) is 5.56. The van der Waals surface area contributed by atoms with Gasteiger partial charge in [-0.05, 0) is 37.6 Å². The highest BCUT2D eigenvalue weighted by molar-refractivity contribution is 7.20. The fourth-order valence-corrected chi connectivity index (χ4v) is 4.71. The molecule has 0 N–H and O–H groups in total. The van der Waals surface area contributed by atoms with Gasteiger partial charge in [-0.25, -0.2) is 9.78 Å². The van der Waals surface area contributed by atoms with E-state index in [0.717, 1.165) is 11.3 Å². The molecule has 4 rings (SSSR count). The van der Waals surface area contributed by atoms with Crippen LogP contribution in [0.25, 0.3) is 10.2 Å². The summed E-state index contributed by atoms with van der Waals surface area (Å²) in [7, 11) is 3.12. The molecule has 1 aromatic carbocycles. The summed E-state index contributed by atoms with van der Waals surface area (Å²) in [5, 5.41) is 0.275. The third-order valence-corrected chi connectivity index (χ3v) is 6.74. The van der Waals surface area contributed by atoms with Crippen molar-refractivity contribution in [1.29, 1.82) is 0 Å². The lowest BCUT2D eigenvalue weighted by molar-refractivity contribution is -0.125. The van der Waals surface area contributed by atoms with Gasteiger partial charge < -0.3 is 19.1 Å². The number of ether oxygens (including phenoxy) is 3. The number of likely N-dealkylation sites (N-methyl/N-ethyl adjacent to an activating group) is 1.